The molecule has 0 spiro atoms. The summed E-state index contributed by atoms with van der Waals surface area (Å²) >= 11 is 0. The number of aliphatic hydroxyl groups is 1. The number of hydrogen-bond acceptors (Lipinski definition) is 6. The largest absolute Gasteiger partial charge is 0.405 e. The Morgan fingerprint density at radius 1 is 1.32 bits per heavy atom. The first-order valence-corrected chi connectivity index (χ1v) is 5.53. The molecule has 6 nitrogen and oxygen atoms in total. The number of nitrogens with one attached hydrogen (secondary N) is 1. The van der Waals surface area contributed by atoms with Gasteiger partial charge >= 0.3 is 6.18 Å². The van der Waals surface area contributed by atoms with Gasteiger partial charge in [0.2, 0.25) is 0 Å². The number of nitrogen functional groups attached to an aromatic ring is 1. The number of nitrogens with zero attached hydrogens (tertiary/aromatic N) is 3. The van der Waals surface area contributed by atoms with Crippen LogP contribution < -0.4 is 16.2 Å². The van der Waals surface area contributed by atoms with Gasteiger partial charge in [0.1, 0.15) is 24.0 Å². The molecule has 0 saturated heterocycles. The minimum absolute atomic E-state index is 0.104. The molecule has 0 aliphatic carbocycles. The van der Waals surface area contributed by atoms with Crippen molar-refractivity contribution in [2.75, 3.05) is 30.0 Å². The van der Waals surface area contributed by atoms with Crippen LogP contribution in [-0.2, 0) is 0 Å². The summed E-state index contributed by atoms with van der Waals surface area (Å²) in [7, 11) is 0. The van der Waals surface area contributed by atoms with Crippen LogP contribution in [0.4, 0.5) is 24.8 Å². The Labute approximate surface area is 108 Å². The lowest BCUT2D eigenvalue weighted by atomic mass is 10.2. The van der Waals surface area contributed by atoms with E-state index < -0.39 is 19.3 Å². The number of aliphatic hydroxyl groups excluding tert-OH is 1. The minimum Gasteiger partial charge on any atom is -0.395 e. The molecule has 9 heteroatoms. The van der Waals surface area contributed by atoms with Crippen LogP contribution in [0.15, 0.2) is 0 Å². The highest BCUT2D eigenvalue weighted by Crippen LogP contribution is 2.26. The normalized spacial score (nSPS) is 11.5. The predicted octanol–water partition coefficient (Wildman–Crippen LogP) is 0.740. The van der Waals surface area contributed by atoms with Crippen LogP contribution >= 0.6 is 0 Å². The van der Waals surface area contributed by atoms with Gasteiger partial charge in [0.05, 0.1) is 6.61 Å². The molecule has 0 atom stereocenters. The number of hydrogen-bond donors (Lipinski definition) is 3. The third-order valence-electron chi connectivity index (χ3n) is 2.41. The number of aryl methyl sites for hydroxylation is 1. The molecule has 1 rings (SSSR count). The van der Waals surface area contributed by atoms with Crippen molar-refractivity contribution in [1.82, 2.24) is 9.97 Å². The van der Waals surface area contributed by atoms with Crippen LogP contribution in [0.3, 0.4) is 0 Å². The van der Waals surface area contributed by atoms with Crippen molar-refractivity contribution in [2.24, 2.45) is 5.84 Å². The van der Waals surface area contributed by atoms with E-state index in [0.29, 0.717) is 11.4 Å². The maximum absolute atomic E-state index is 12.5. The minimum atomic E-state index is -4.39. The number of hydrazine groups is 1. The first-order chi connectivity index (χ1) is 8.78. The molecular formula is C10H16F3N5O. The standard InChI is InChI=1S/C10H16F3N5O/c1-6-8(17-14)15-7(2)16-9(6)18(3-4-19)5-10(11,12)13/h19H,3-5,14H2,1-2H3,(H,15,16,17). The average Bonchev–Trinajstić information content (AvgIpc) is 2.29. The van der Waals surface area contributed by atoms with Crippen LogP contribution in [0.2, 0.25) is 0 Å². The van der Waals surface area contributed by atoms with E-state index >= 15 is 0 Å². The van der Waals surface area contributed by atoms with Crippen molar-refractivity contribution < 1.29 is 18.3 Å². The molecule has 1 aromatic heterocycles. The Hall–Kier alpha value is -1.61. The lowest BCUT2D eigenvalue weighted by Crippen LogP contribution is -2.37. The molecule has 19 heavy (non-hydrogen) atoms. The van der Waals surface area contributed by atoms with E-state index in [0.717, 1.165) is 4.90 Å². The van der Waals surface area contributed by atoms with Gasteiger partial charge in [-0.05, 0) is 13.8 Å². The lowest BCUT2D eigenvalue weighted by molar-refractivity contribution is -0.120. The number of nitrogens with two attached hydrogens (primary N) is 1. The summed E-state index contributed by atoms with van der Waals surface area (Å²) in [4.78, 5) is 8.92. The van der Waals surface area contributed by atoms with E-state index in [2.05, 4.69) is 15.4 Å². The topological polar surface area (TPSA) is 87.3 Å². The highest BCUT2D eigenvalue weighted by Gasteiger charge is 2.32. The third-order valence-corrected chi connectivity index (χ3v) is 2.41. The average molecular weight is 279 g/mol. The SMILES string of the molecule is Cc1nc(NN)c(C)c(N(CCO)CC(F)(F)F)n1. The van der Waals surface area contributed by atoms with E-state index in [9.17, 15) is 13.2 Å². The summed E-state index contributed by atoms with van der Waals surface area (Å²) in [6.07, 6.45) is -4.39. The van der Waals surface area contributed by atoms with Crippen molar-refractivity contribution in [3.05, 3.63) is 11.4 Å². The fourth-order valence-corrected chi connectivity index (χ4v) is 1.66. The summed E-state index contributed by atoms with van der Waals surface area (Å²) in [5, 5.41) is 8.89. The maximum Gasteiger partial charge on any atom is 0.405 e. The van der Waals surface area contributed by atoms with E-state index in [4.69, 9.17) is 10.9 Å². The molecule has 0 aromatic carbocycles. The van der Waals surface area contributed by atoms with Crippen molar-refractivity contribution in [3.8, 4) is 0 Å². The van der Waals surface area contributed by atoms with Gasteiger partial charge in [0, 0.05) is 12.1 Å². The zero-order valence-electron chi connectivity index (χ0n) is 10.6. The first-order valence-electron chi connectivity index (χ1n) is 5.53. The fourth-order valence-electron chi connectivity index (χ4n) is 1.66. The molecule has 0 aliphatic rings. The van der Waals surface area contributed by atoms with Crippen molar-refractivity contribution in [3.63, 3.8) is 0 Å². The molecular weight excluding hydrogens is 263 g/mol. The second kappa shape index (κ2) is 6.02. The molecule has 0 unspecified atom stereocenters. The lowest BCUT2D eigenvalue weighted by Gasteiger charge is -2.26. The number of alkyl halides is 3. The number of anilines is 2. The van der Waals surface area contributed by atoms with E-state index in [1.54, 1.807) is 13.8 Å². The monoisotopic (exact) mass is 279 g/mol. The molecule has 0 saturated carbocycles. The van der Waals surface area contributed by atoms with Crippen molar-refractivity contribution >= 4 is 11.6 Å². The van der Waals surface area contributed by atoms with Crippen LogP contribution in [0.5, 0.6) is 0 Å². The van der Waals surface area contributed by atoms with Gasteiger partial charge < -0.3 is 15.4 Å². The first kappa shape index (κ1) is 15.4. The molecule has 108 valence electrons. The summed E-state index contributed by atoms with van der Waals surface area (Å²) in [6.45, 7) is 1.32. The predicted molar refractivity (Wildman–Crippen MR) is 64.7 cm³/mol. The van der Waals surface area contributed by atoms with E-state index in [1.165, 1.54) is 0 Å². The Bertz CT molecular complexity index is 438. The smallest absolute Gasteiger partial charge is 0.395 e. The summed E-state index contributed by atoms with van der Waals surface area (Å²) in [6, 6.07) is 0. The Morgan fingerprint density at radius 2 is 1.95 bits per heavy atom. The van der Waals surface area contributed by atoms with E-state index in [1.807, 2.05) is 0 Å². The molecule has 0 aliphatic heterocycles. The highest BCUT2D eigenvalue weighted by atomic mass is 19.4. The van der Waals surface area contributed by atoms with Gasteiger partial charge in [-0.15, -0.1) is 0 Å². The molecule has 0 bridgehead atoms. The second-order valence-electron chi connectivity index (χ2n) is 3.97. The van der Waals surface area contributed by atoms with Gasteiger partial charge in [-0.3, -0.25) is 0 Å². The molecule has 0 radical (unpaired) electrons. The summed E-state index contributed by atoms with van der Waals surface area (Å²) in [5.41, 5.74) is 2.71. The summed E-state index contributed by atoms with van der Waals surface area (Å²) in [5.74, 6) is 5.91. The van der Waals surface area contributed by atoms with Crippen molar-refractivity contribution in [2.45, 2.75) is 20.0 Å². The van der Waals surface area contributed by atoms with Gasteiger partial charge in [-0.25, -0.2) is 15.8 Å². The van der Waals surface area contributed by atoms with Gasteiger partial charge in [0.15, 0.2) is 0 Å². The fraction of sp³-hybridized carbons (Fsp3) is 0.600. The van der Waals surface area contributed by atoms with Crippen molar-refractivity contribution in [1.29, 1.82) is 0 Å². The van der Waals surface area contributed by atoms with E-state index in [-0.39, 0.29) is 18.2 Å². The van der Waals surface area contributed by atoms with Gasteiger partial charge in [-0.1, -0.05) is 0 Å². The Kier molecular flexibility index (Phi) is 4.90. The number of halogens is 3. The molecule has 1 heterocycles. The molecule has 4 N–H and O–H groups in total. The maximum atomic E-state index is 12.5. The molecule has 1 aromatic rings. The van der Waals surface area contributed by atoms with Gasteiger partial charge in [0.25, 0.3) is 0 Å². The number of rotatable bonds is 5. The van der Waals surface area contributed by atoms with Crippen LogP contribution in [0.25, 0.3) is 0 Å². The quantitative estimate of drug-likeness (QED) is 0.544. The van der Waals surface area contributed by atoms with Crippen LogP contribution in [0, 0.1) is 13.8 Å². The third kappa shape index (κ3) is 4.21. The zero-order chi connectivity index (χ0) is 14.6. The highest BCUT2D eigenvalue weighted by molar-refractivity contribution is 5.58. The molecule has 0 amide bonds. The molecule has 0 fully saturated rings. The number of aromatic nitrogens is 2. The van der Waals surface area contributed by atoms with Crippen LogP contribution in [-0.4, -0.2) is 40.9 Å². The Balaban J connectivity index is 3.18. The Morgan fingerprint density at radius 3 is 2.42 bits per heavy atom. The van der Waals surface area contributed by atoms with Crippen LogP contribution in [0.1, 0.15) is 11.4 Å². The summed E-state index contributed by atoms with van der Waals surface area (Å²) < 4.78 is 37.6. The second-order valence-corrected chi connectivity index (χ2v) is 3.97. The van der Waals surface area contributed by atoms with Gasteiger partial charge in [-0.2, -0.15) is 13.2 Å². The zero-order valence-corrected chi connectivity index (χ0v) is 10.6.